The molecular weight excluding hydrogens is 216 g/mol. The van der Waals surface area contributed by atoms with Crippen LogP contribution in [0, 0.1) is 5.92 Å². The minimum absolute atomic E-state index is 0.223. The van der Waals surface area contributed by atoms with E-state index in [2.05, 4.69) is 5.32 Å². The van der Waals surface area contributed by atoms with Crippen molar-refractivity contribution in [2.45, 2.75) is 6.42 Å². The van der Waals surface area contributed by atoms with E-state index in [9.17, 15) is 8.42 Å². The maximum atomic E-state index is 11.8. The van der Waals surface area contributed by atoms with Gasteiger partial charge in [-0.3, -0.25) is 0 Å². The first kappa shape index (κ1) is 11.3. The van der Waals surface area contributed by atoms with Crippen LogP contribution in [0.3, 0.4) is 0 Å². The molecule has 88 valence electrons. The molecule has 0 aromatic heterocycles. The van der Waals surface area contributed by atoms with Crippen LogP contribution in [0.25, 0.3) is 0 Å². The van der Waals surface area contributed by atoms with Gasteiger partial charge in [-0.2, -0.15) is 0 Å². The van der Waals surface area contributed by atoms with Gasteiger partial charge in [0, 0.05) is 32.8 Å². The van der Waals surface area contributed by atoms with Crippen LogP contribution in [0.15, 0.2) is 0 Å². The molecule has 2 fully saturated rings. The molecule has 0 aromatic carbocycles. The lowest BCUT2D eigenvalue weighted by atomic mass is 10.1. The summed E-state index contributed by atoms with van der Waals surface area (Å²) in [5.41, 5.74) is 0. The Morgan fingerprint density at radius 3 is 3.00 bits per heavy atom. The van der Waals surface area contributed by atoms with Crippen LogP contribution in [0.2, 0.25) is 0 Å². The van der Waals surface area contributed by atoms with Gasteiger partial charge >= 0.3 is 0 Å². The molecule has 2 heterocycles. The van der Waals surface area contributed by atoms with Gasteiger partial charge in [-0.05, 0) is 12.3 Å². The highest BCUT2D eigenvalue weighted by Gasteiger charge is 2.28. The zero-order valence-electron chi connectivity index (χ0n) is 8.81. The van der Waals surface area contributed by atoms with Gasteiger partial charge in [0.05, 0.1) is 12.4 Å². The van der Waals surface area contributed by atoms with Gasteiger partial charge in [0.2, 0.25) is 10.0 Å². The summed E-state index contributed by atoms with van der Waals surface area (Å²) in [5.74, 6) is 0.610. The smallest absolute Gasteiger partial charge is 0.215 e. The summed E-state index contributed by atoms with van der Waals surface area (Å²) in [6, 6.07) is 0. The van der Waals surface area contributed by atoms with E-state index in [0.29, 0.717) is 32.2 Å². The summed E-state index contributed by atoms with van der Waals surface area (Å²) in [5, 5.41) is 3.11. The van der Waals surface area contributed by atoms with Crippen molar-refractivity contribution in [3.05, 3.63) is 0 Å². The lowest BCUT2D eigenvalue weighted by molar-refractivity contribution is 0.180. The quantitative estimate of drug-likeness (QED) is 0.683. The van der Waals surface area contributed by atoms with E-state index in [-0.39, 0.29) is 5.75 Å². The van der Waals surface area contributed by atoms with Crippen LogP contribution >= 0.6 is 0 Å². The monoisotopic (exact) mass is 234 g/mol. The molecule has 0 radical (unpaired) electrons. The van der Waals surface area contributed by atoms with Gasteiger partial charge < -0.3 is 10.1 Å². The van der Waals surface area contributed by atoms with Gasteiger partial charge in [-0.1, -0.05) is 0 Å². The highest BCUT2D eigenvalue weighted by atomic mass is 32.2. The molecule has 0 saturated carbocycles. The first-order chi connectivity index (χ1) is 7.18. The fourth-order valence-electron chi connectivity index (χ4n) is 2.02. The Labute approximate surface area is 90.8 Å². The van der Waals surface area contributed by atoms with Crippen LogP contribution in [0.1, 0.15) is 6.42 Å². The van der Waals surface area contributed by atoms with Crippen molar-refractivity contribution >= 4 is 10.0 Å². The average molecular weight is 234 g/mol. The zero-order chi connectivity index (χ0) is 10.7. The van der Waals surface area contributed by atoms with E-state index in [4.69, 9.17) is 4.74 Å². The number of sulfonamides is 1. The molecule has 0 bridgehead atoms. The third kappa shape index (κ3) is 2.90. The highest BCUT2D eigenvalue weighted by molar-refractivity contribution is 7.89. The molecule has 2 rings (SSSR count). The van der Waals surface area contributed by atoms with E-state index in [1.807, 2.05) is 0 Å². The van der Waals surface area contributed by atoms with Crippen LogP contribution in [-0.4, -0.2) is 57.9 Å². The molecule has 0 aliphatic carbocycles. The van der Waals surface area contributed by atoms with Crippen LogP contribution in [-0.2, 0) is 14.8 Å². The number of hydrogen-bond donors (Lipinski definition) is 1. The number of rotatable bonds is 2. The van der Waals surface area contributed by atoms with Gasteiger partial charge in [0.1, 0.15) is 0 Å². The van der Waals surface area contributed by atoms with Gasteiger partial charge in [-0.15, -0.1) is 0 Å². The molecule has 1 N–H and O–H groups in total. The van der Waals surface area contributed by atoms with Crippen molar-refractivity contribution in [3.8, 4) is 0 Å². The summed E-state index contributed by atoms with van der Waals surface area (Å²) in [6.07, 6.45) is 0.986. The van der Waals surface area contributed by atoms with E-state index in [1.54, 1.807) is 4.31 Å². The van der Waals surface area contributed by atoms with Gasteiger partial charge in [0.25, 0.3) is 0 Å². The largest absolute Gasteiger partial charge is 0.381 e. The molecule has 2 saturated heterocycles. The number of nitrogens with one attached hydrogen (secondary N) is 1. The SMILES string of the molecule is O=S1(=O)CCNCCN1CC1CCOC1. The highest BCUT2D eigenvalue weighted by Crippen LogP contribution is 2.16. The summed E-state index contributed by atoms with van der Waals surface area (Å²) < 4.78 is 30.5. The second-order valence-corrected chi connectivity index (χ2v) is 6.24. The summed E-state index contributed by atoms with van der Waals surface area (Å²) >= 11 is 0. The number of ether oxygens (including phenoxy) is 1. The molecule has 15 heavy (non-hydrogen) atoms. The van der Waals surface area contributed by atoms with Crippen LogP contribution in [0.5, 0.6) is 0 Å². The maximum absolute atomic E-state index is 11.8. The topological polar surface area (TPSA) is 58.6 Å². The Morgan fingerprint density at radius 1 is 1.40 bits per heavy atom. The van der Waals surface area contributed by atoms with E-state index in [0.717, 1.165) is 19.6 Å². The normalized spacial score (nSPS) is 32.7. The molecule has 0 spiro atoms. The molecule has 0 amide bonds. The molecule has 2 aliphatic heterocycles. The average Bonchev–Trinajstić information content (AvgIpc) is 2.62. The first-order valence-electron chi connectivity index (χ1n) is 5.45. The third-order valence-corrected chi connectivity index (χ3v) is 4.79. The molecule has 1 atom stereocenters. The molecule has 1 unspecified atom stereocenters. The van der Waals surface area contributed by atoms with Gasteiger partial charge in [0.15, 0.2) is 0 Å². The van der Waals surface area contributed by atoms with Crippen LogP contribution < -0.4 is 5.32 Å². The summed E-state index contributed by atoms with van der Waals surface area (Å²) in [6.45, 7) is 4.03. The van der Waals surface area contributed by atoms with Crippen molar-refractivity contribution in [1.82, 2.24) is 9.62 Å². The maximum Gasteiger partial charge on any atom is 0.215 e. The Balaban J connectivity index is 1.98. The van der Waals surface area contributed by atoms with Crippen molar-refractivity contribution < 1.29 is 13.2 Å². The minimum atomic E-state index is -3.03. The lowest BCUT2D eigenvalue weighted by Crippen LogP contribution is -2.37. The molecule has 2 aliphatic rings. The van der Waals surface area contributed by atoms with E-state index in [1.165, 1.54) is 0 Å². The molecule has 0 aromatic rings. The fourth-order valence-corrected chi connectivity index (χ4v) is 3.49. The predicted molar refractivity (Wildman–Crippen MR) is 57.2 cm³/mol. The Hall–Kier alpha value is -0.170. The molecular formula is C9H18N2O3S. The van der Waals surface area contributed by atoms with Crippen molar-refractivity contribution in [1.29, 1.82) is 0 Å². The summed E-state index contributed by atoms with van der Waals surface area (Å²) in [4.78, 5) is 0. The standard InChI is InChI=1S/C9H18N2O3S/c12-15(13)6-3-10-2-4-11(15)7-9-1-5-14-8-9/h9-10H,1-8H2. The summed E-state index contributed by atoms with van der Waals surface area (Å²) in [7, 11) is -3.03. The Kier molecular flexibility index (Phi) is 3.60. The Bertz CT molecular complexity index is 298. The van der Waals surface area contributed by atoms with Crippen molar-refractivity contribution in [2.24, 2.45) is 5.92 Å². The van der Waals surface area contributed by atoms with Crippen molar-refractivity contribution in [2.75, 3.05) is 45.1 Å². The van der Waals surface area contributed by atoms with Crippen molar-refractivity contribution in [3.63, 3.8) is 0 Å². The number of nitrogens with zero attached hydrogens (tertiary/aromatic N) is 1. The second-order valence-electron chi connectivity index (χ2n) is 4.15. The zero-order valence-corrected chi connectivity index (χ0v) is 9.63. The minimum Gasteiger partial charge on any atom is -0.381 e. The van der Waals surface area contributed by atoms with Gasteiger partial charge in [-0.25, -0.2) is 12.7 Å². The second kappa shape index (κ2) is 4.78. The fraction of sp³-hybridized carbons (Fsp3) is 1.00. The number of hydrogen-bond acceptors (Lipinski definition) is 4. The third-order valence-electron chi connectivity index (χ3n) is 2.95. The molecule has 5 nitrogen and oxygen atoms in total. The Morgan fingerprint density at radius 2 is 2.27 bits per heavy atom. The van der Waals surface area contributed by atoms with Crippen LogP contribution in [0.4, 0.5) is 0 Å². The predicted octanol–water partition coefficient (Wildman–Crippen LogP) is -0.742. The van der Waals surface area contributed by atoms with E-state index < -0.39 is 10.0 Å². The first-order valence-corrected chi connectivity index (χ1v) is 7.06. The lowest BCUT2D eigenvalue weighted by Gasteiger charge is -2.21. The molecule has 6 heteroatoms. The van der Waals surface area contributed by atoms with E-state index >= 15 is 0 Å².